The van der Waals surface area contributed by atoms with Crippen LogP contribution in [-0.2, 0) is 0 Å². The third-order valence-corrected chi connectivity index (χ3v) is 10.5. The number of hydrogen-bond acceptors (Lipinski definition) is 3. The van der Waals surface area contributed by atoms with E-state index in [1.165, 1.54) is 64.1 Å². The Kier molecular flexibility index (Phi) is 7.19. The molecule has 0 spiro atoms. The molecule has 0 saturated carbocycles. The average molecular weight is 600 g/mol. The minimum absolute atomic E-state index is 0.139. The van der Waals surface area contributed by atoms with Crippen molar-refractivity contribution in [2.45, 2.75) is 25.6 Å². The van der Waals surface area contributed by atoms with Crippen molar-refractivity contribution in [3.8, 4) is 33.4 Å². The van der Waals surface area contributed by atoms with Gasteiger partial charge in [0.25, 0.3) is 0 Å². The van der Waals surface area contributed by atoms with Gasteiger partial charge < -0.3 is 5.32 Å². The summed E-state index contributed by atoms with van der Waals surface area (Å²) in [6, 6.07) is 53.0. The largest absolute Gasteiger partial charge is 0.374 e. The number of allylic oxidation sites excluding steroid dienone is 2. The second-order valence-corrected chi connectivity index (χ2v) is 13.1. The second kappa shape index (κ2) is 11.8. The lowest BCUT2D eigenvalue weighted by atomic mass is 9.99. The van der Waals surface area contributed by atoms with Crippen LogP contribution >= 0.6 is 23.5 Å². The van der Waals surface area contributed by atoms with Gasteiger partial charge in [0, 0.05) is 25.3 Å². The van der Waals surface area contributed by atoms with Crippen molar-refractivity contribution in [1.29, 1.82) is 0 Å². The van der Waals surface area contributed by atoms with Crippen molar-refractivity contribution >= 4 is 29.2 Å². The Morgan fingerprint density at radius 3 is 1.64 bits per heavy atom. The summed E-state index contributed by atoms with van der Waals surface area (Å²) in [5.74, 6) is 0. The standard InChI is InChI=1S/C41H29NS2/c1-3-12-28(13-4-1)30-22-24-34-32-16-7-9-20-38(32)43-39-21-10-8-17-33(39)35-25-23-31(27-41(35)44-40(34)26-30)37-19-11-18-36(42-37)29-14-5-2-6-15-29/h1-27,36,42H. The Bertz CT molecular complexity index is 2040. The van der Waals surface area contributed by atoms with E-state index in [1.54, 1.807) is 0 Å². The van der Waals surface area contributed by atoms with Crippen LogP contribution in [0, 0.1) is 0 Å². The molecule has 44 heavy (non-hydrogen) atoms. The summed E-state index contributed by atoms with van der Waals surface area (Å²) < 4.78 is 0. The summed E-state index contributed by atoms with van der Waals surface area (Å²) in [6.45, 7) is 0. The molecule has 0 aliphatic carbocycles. The fourth-order valence-corrected chi connectivity index (χ4v) is 8.28. The Morgan fingerprint density at radius 2 is 0.955 bits per heavy atom. The van der Waals surface area contributed by atoms with Gasteiger partial charge in [0.1, 0.15) is 0 Å². The molecule has 6 aromatic carbocycles. The summed E-state index contributed by atoms with van der Waals surface area (Å²) in [5.41, 5.74) is 11.1. The van der Waals surface area contributed by atoms with Crippen molar-refractivity contribution in [2.24, 2.45) is 0 Å². The molecule has 0 aromatic heterocycles. The highest BCUT2D eigenvalue weighted by atomic mass is 32.2. The zero-order chi connectivity index (χ0) is 29.3. The molecular formula is C41H29NS2. The van der Waals surface area contributed by atoms with Crippen LogP contribution in [0.3, 0.4) is 0 Å². The fraction of sp³-hybridized carbons (Fsp3) is 0.0244. The van der Waals surface area contributed by atoms with Crippen LogP contribution in [0.2, 0.25) is 0 Å². The fourth-order valence-electron chi connectivity index (χ4n) is 5.99. The molecule has 1 unspecified atom stereocenters. The Morgan fingerprint density at radius 1 is 0.432 bits per heavy atom. The smallest absolute Gasteiger partial charge is 0.0701 e. The summed E-state index contributed by atoms with van der Waals surface area (Å²) >= 11 is 3.72. The number of hydrogen-bond donors (Lipinski definition) is 1. The van der Waals surface area contributed by atoms with E-state index in [4.69, 9.17) is 0 Å². The van der Waals surface area contributed by atoms with Crippen LogP contribution in [-0.4, -0.2) is 0 Å². The molecular weight excluding hydrogens is 571 g/mol. The first-order valence-corrected chi connectivity index (χ1v) is 16.5. The molecule has 2 aliphatic heterocycles. The highest BCUT2D eigenvalue weighted by molar-refractivity contribution is 8.00. The summed E-state index contributed by atoms with van der Waals surface area (Å²) in [5, 5.41) is 3.79. The molecule has 0 radical (unpaired) electrons. The van der Waals surface area contributed by atoms with Crippen LogP contribution in [0.1, 0.15) is 17.2 Å². The SMILES string of the molecule is C1=CC(c2ccccc2)NC(c2ccc3c(c2)Sc2cc(-c4ccccc4)ccc2-c2ccccc2Sc2ccccc2-3)=C1. The van der Waals surface area contributed by atoms with Crippen molar-refractivity contribution < 1.29 is 0 Å². The van der Waals surface area contributed by atoms with Crippen LogP contribution in [0.15, 0.2) is 183 Å². The lowest BCUT2D eigenvalue weighted by molar-refractivity contribution is 0.764. The number of nitrogens with one attached hydrogen (secondary N) is 1. The molecule has 1 N–H and O–H groups in total. The van der Waals surface area contributed by atoms with E-state index in [0.29, 0.717) is 0 Å². The Labute approximate surface area is 267 Å². The van der Waals surface area contributed by atoms with Crippen molar-refractivity contribution in [1.82, 2.24) is 5.32 Å². The number of fused-ring (bicyclic) bond motifs is 6. The number of rotatable bonds is 3. The molecule has 0 amide bonds. The second-order valence-electron chi connectivity index (χ2n) is 11.0. The quantitative estimate of drug-likeness (QED) is 0.217. The lowest BCUT2D eigenvalue weighted by Crippen LogP contribution is -2.20. The third-order valence-electron chi connectivity index (χ3n) is 8.21. The third kappa shape index (κ3) is 5.19. The van der Waals surface area contributed by atoms with E-state index in [0.717, 1.165) is 5.70 Å². The monoisotopic (exact) mass is 599 g/mol. The Hall–Kier alpha value is -4.70. The molecule has 0 saturated heterocycles. The van der Waals surface area contributed by atoms with Gasteiger partial charge in [-0.2, -0.15) is 0 Å². The predicted molar refractivity (Wildman–Crippen MR) is 187 cm³/mol. The number of dihydropyridines is 1. The van der Waals surface area contributed by atoms with Gasteiger partial charge in [-0.25, -0.2) is 0 Å². The highest BCUT2D eigenvalue weighted by Gasteiger charge is 2.21. The zero-order valence-corrected chi connectivity index (χ0v) is 25.6. The van der Waals surface area contributed by atoms with Gasteiger partial charge in [-0.1, -0.05) is 157 Å². The first-order chi connectivity index (χ1) is 21.8. The molecule has 8 rings (SSSR count). The van der Waals surface area contributed by atoms with Gasteiger partial charge >= 0.3 is 0 Å². The molecule has 210 valence electrons. The zero-order valence-electron chi connectivity index (χ0n) is 24.0. The van der Waals surface area contributed by atoms with E-state index < -0.39 is 0 Å². The molecule has 1 atom stereocenters. The lowest BCUT2D eigenvalue weighted by Gasteiger charge is -2.24. The van der Waals surface area contributed by atoms with E-state index in [-0.39, 0.29) is 6.04 Å². The first-order valence-electron chi connectivity index (χ1n) is 14.9. The van der Waals surface area contributed by atoms with Crippen LogP contribution in [0.5, 0.6) is 0 Å². The van der Waals surface area contributed by atoms with Gasteiger partial charge in [0.2, 0.25) is 0 Å². The topological polar surface area (TPSA) is 12.0 Å². The number of benzene rings is 6. The van der Waals surface area contributed by atoms with E-state index in [1.807, 2.05) is 23.5 Å². The summed E-state index contributed by atoms with van der Waals surface area (Å²) in [7, 11) is 0. The van der Waals surface area contributed by atoms with Gasteiger partial charge in [0.05, 0.1) is 6.04 Å². The van der Waals surface area contributed by atoms with Crippen LogP contribution < -0.4 is 5.32 Å². The van der Waals surface area contributed by atoms with Gasteiger partial charge in [0.15, 0.2) is 0 Å². The predicted octanol–water partition coefficient (Wildman–Crippen LogP) is 11.5. The average Bonchev–Trinajstić information content (AvgIpc) is 3.10. The van der Waals surface area contributed by atoms with Crippen LogP contribution in [0.25, 0.3) is 39.1 Å². The normalized spacial score (nSPS) is 15.1. The molecule has 0 bridgehead atoms. The van der Waals surface area contributed by atoms with Crippen molar-refractivity contribution in [3.05, 3.63) is 175 Å². The van der Waals surface area contributed by atoms with Gasteiger partial charge in [-0.3, -0.25) is 0 Å². The van der Waals surface area contributed by atoms with Crippen molar-refractivity contribution in [2.75, 3.05) is 0 Å². The Balaban J connectivity index is 1.29. The van der Waals surface area contributed by atoms with Crippen molar-refractivity contribution in [3.63, 3.8) is 0 Å². The minimum atomic E-state index is 0.139. The first kappa shape index (κ1) is 26.9. The summed E-state index contributed by atoms with van der Waals surface area (Å²) in [6.07, 6.45) is 6.58. The van der Waals surface area contributed by atoms with Crippen LogP contribution in [0.4, 0.5) is 0 Å². The maximum atomic E-state index is 3.79. The van der Waals surface area contributed by atoms with E-state index in [2.05, 4.69) is 169 Å². The molecule has 0 fully saturated rings. The maximum absolute atomic E-state index is 3.79. The molecule has 6 aromatic rings. The van der Waals surface area contributed by atoms with Gasteiger partial charge in [-0.15, -0.1) is 0 Å². The summed E-state index contributed by atoms with van der Waals surface area (Å²) in [4.78, 5) is 5.03. The highest BCUT2D eigenvalue weighted by Crippen LogP contribution is 2.49. The maximum Gasteiger partial charge on any atom is 0.0701 e. The molecule has 3 heteroatoms. The van der Waals surface area contributed by atoms with E-state index >= 15 is 0 Å². The van der Waals surface area contributed by atoms with E-state index in [9.17, 15) is 0 Å². The molecule has 2 aliphatic rings. The van der Waals surface area contributed by atoms with Gasteiger partial charge in [-0.05, 0) is 74.8 Å². The minimum Gasteiger partial charge on any atom is -0.374 e. The molecule has 2 heterocycles. The molecule has 1 nitrogen and oxygen atoms in total.